The van der Waals surface area contributed by atoms with Crippen LogP contribution >= 0.6 is 21.6 Å². The highest BCUT2D eigenvalue weighted by atomic mass is 33.1. The summed E-state index contributed by atoms with van der Waals surface area (Å²) >= 11 is 0. The topological polar surface area (TPSA) is 64.0 Å². The smallest absolute Gasteiger partial charge is 0.279 e. The normalized spacial score (nSPS) is 40.0. The molecule has 0 aromatic heterocycles. The minimum Gasteiger partial charge on any atom is -0.365 e. The summed E-state index contributed by atoms with van der Waals surface area (Å²) in [5.74, 6) is 0.115. The molecular formula is C9H14N2O3S2. The molecule has 2 atom stereocenters. The summed E-state index contributed by atoms with van der Waals surface area (Å²) in [6.07, 6.45) is 0. The fraction of sp³-hybridized carbons (Fsp3) is 0.667. The van der Waals surface area contributed by atoms with Crippen LogP contribution in [-0.4, -0.2) is 63.0 Å². The van der Waals surface area contributed by atoms with Gasteiger partial charge in [-0.3, -0.25) is 4.79 Å². The molecule has 0 aromatic carbocycles. The number of carbonyl (C=O) groups excluding carboxylic acids is 1. The number of amides is 1. The van der Waals surface area contributed by atoms with Crippen molar-refractivity contribution in [3.63, 3.8) is 0 Å². The zero-order valence-corrected chi connectivity index (χ0v) is 10.8. The third-order valence-corrected chi connectivity index (χ3v) is 5.64. The number of nitrogens with zero attached hydrogens (tertiary/aromatic N) is 2. The minimum atomic E-state index is -1.60. The van der Waals surface area contributed by atoms with E-state index in [4.69, 9.17) is 0 Å². The molecule has 5 nitrogen and oxygen atoms in total. The summed E-state index contributed by atoms with van der Waals surface area (Å²) in [6.45, 7) is 3.78. The van der Waals surface area contributed by atoms with E-state index in [-0.39, 0.29) is 5.75 Å². The van der Waals surface area contributed by atoms with Gasteiger partial charge in [0, 0.05) is 14.1 Å². The van der Waals surface area contributed by atoms with Gasteiger partial charge in [0.05, 0.1) is 17.2 Å². The number of aliphatic hydroxyl groups is 2. The Morgan fingerprint density at radius 3 is 2.25 bits per heavy atom. The van der Waals surface area contributed by atoms with Crippen LogP contribution in [0.2, 0.25) is 0 Å². The van der Waals surface area contributed by atoms with Gasteiger partial charge in [0.25, 0.3) is 5.91 Å². The summed E-state index contributed by atoms with van der Waals surface area (Å²) in [6, 6.07) is 0. The highest BCUT2D eigenvalue weighted by molar-refractivity contribution is 8.76. The lowest BCUT2D eigenvalue weighted by Gasteiger charge is -2.54. The number of carbonyl (C=O) groups is 1. The predicted octanol–water partition coefficient (Wildman–Crippen LogP) is -0.324. The lowest BCUT2D eigenvalue weighted by molar-refractivity contribution is -0.201. The average molecular weight is 262 g/mol. The van der Waals surface area contributed by atoms with Crippen LogP contribution < -0.4 is 0 Å². The van der Waals surface area contributed by atoms with Gasteiger partial charge in [-0.25, -0.2) is 0 Å². The first-order chi connectivity index (χ1) is 7.34. The molecule has 16 heavy (non-hydrogen) atoms. The molecule has 0 spiro atoms. The number of likely N-dealkylation sites (N-methyl/N-ethyl adjacent to an activating group) is 2. The van der Waals surface area contributed by atoms with E-state index in [1.165, 1.54) is 38.4 Å². The van der Waals surface area contributed by atoms with Crippen LogP contribution in [0.5, 0.6) is 0 Å². The lowest BCUT2D eigenvalue weighted by atomic mass is 10.00. The van der Waals surface area contributed by atoms with Crippen LogP contribution in [0.15, 0.2) is 12.3 Å². The quantitative estimate of drug-likeness (QED) is 0.583. The highest BCUT2D eigenvalue weighted by Crippen LogP contribution is 2.44. The molecule has 0 saturated carbocycles. The van der Waals surface area contributed by atoms with Gasteiger partial charge in [-0.1, -0.05) is 28.2 Å². The first kappa shape index (κ1) is 12.1. The summed E-state index contributed by atoms with van der Waals surface area (Å²) < 4.78 is 0. The van der Waals surface area contributed by atoms with Gasteiger partial charge in [-0.2, -0.15) is 0 Å². The average Bonchev–Trinajstić information content (AvgIpc) is 2.27. The van der Waals surface area contributed by atoms with Crippen molar-refractivity contribution in [3.05, 3.63) is 12.3 Å². The number of fused-ring (bicyclic) bond motifs is 5. The van der Waals surface area contributed by atoms with Gasteiger partial charge in [-0.15, -0.1) is 0 Å². The van der Waals surface area contributed by atoms with Crippen molar-refractivity contribution in [1.82, 2.24) is 9.80 Å². The highest BCUT2D eigenvalue weighted by Gasteiger charge is 2.57. The fourth-order valence-electron chi connectivity index (χ4n) is 1.85. The summed E-state index contributed by atoms with van der Waals surface area (Å²) in [5.41, 5.74) is -2.66. The maximum absolute atomic E-state index is 12.1. The molecule has 1 amide bonds. The minimum absolute atomic E-state index is 0.256. The monoisotopic (exact) mass is 262 g/mol. The Labute approximate surface area is 102 Å². The molecule has 3 heterocycles. The molecule has 0 aliphatic carbocycles. The molecule has 3 fully saturated rings. The van der Waals surface area contributed by atoms with Gasteiger partial charge in [0.1, 0.15) is 0 Å². The van der Waals surface area contributed by atoms with E-state index in [1.54, 1.807) is 7.05 Å². The molecule has 2 bridgehead atoms. The van der Waals surface area contributed by atoms with Gasteiger partial charge in [0.15, 0.2) is 5.72 Å². The Morgan fingerprint density at radius 2 is 1.69 bits per heavy atom. The van der Waals surface area contributed by atoms with Crippen molar-refractivity contribution in [2.45, 2.75) is 11.4 Å². The van der Waals surface area contributed by atoms with Crippen LogP contribution in [0.25, 0.3) is 0 Å². The molecule has 3 rings (SSSR count). The van der Waals surface area contributed by atoms with E-state index in [0.717, 1.165) is 0 Å². The largest absolute Gasteiger partial charge is 0.365 e. The Morgan fingerprint density at radius 1 is 1.19 bits per heavy atom. The molecule has 3 aliphatic heterocycles. The standard InChI is InChI=1S/C9H14N2O3S2/c1-6-8(13)4-15-16-5-9(14,10(6)2)7(12)11(8)3/h13-14H,1,4-5H2,2-3H3. The van der Waals surface area contributed by atoms with E-state index in [2.05, 4.69) is 6.58 Å². The van der Waals surface area contributed by atoms with Crippen molar-refractivity contribution in [2.75, 3.05) is 25.6 Å². The maximum atomic E-state index is 12.1. The van der Waals surface area contributed by atoms with Crippen LogP contribution in [0, 0.1) is 0 Å². The van der Waals surface area contributed by atoms with E-state index in [1.807, 2.05) is 0 Å². The summed E-state index contributed by atoms with van der Waals surface area (Å²) in [4.78, 5) is 14.6. The molecule has 0 radical (unpaired) electrons. The van der Waals surface area contributed by atoms with E-state index < -0.39 is 17.4 Å². The maximum Gasteiger partial charge on any atom is 0.279 e. The summed E-state index contributed by atoms with van der Waals surface area (Å²) in [7, 11) is 5.87. The molecule has 2 unspecified atom stereocenters. The second-order valence-electron chi connectivity index (χ2n) is 4.03. The lowest BCUT2D eigenvalue weighted by Crippen LogP contribution is -2.73. The van der Waals surface area contributed by atoms with Crippen molar-refractivity contribution in [1.29, 1.82) is 0 Å². The number of piperazine rings is 1. The molecule has 90 valence electrons. The SMILES string of the molecule is C=C1N(C)C2(O)CSSCC1(O)N(C)C2=O. The van der Waals surface area contributed by atoms with Crippen molar-refractivity contribution in [2.24, 2.45) is 0 Å². The zero-order chi connectivity index (χ0) is 12.1. The predicted molar refractivity (Wildman–Crippen MR) is 64.5 cm³/mol. The number of hydrogen-bond donors (Lipinski definition) is 2. The molecule has 2 N–H and O–H groups in total. The zero-order valence-electron chi connectivity index (χ0n) is 9.13. The third-order valence-electron chi connectivity index (χ3n) is 3.23. The Hall–Kier alpha value is -0.370. The van der Waals surface area contributed by atoms with Gasteiger partial charge in [0.2, 0.25) is 5.72 Å². The Bertz CT molecular complexity index is 331. The molecule has 3 aliphatic rings. The molecular weight excluding hydrogens is 248 g/mol. The van der Waals surface area contributed by atoms with Crippen molar-refractivity contribution < 1.29 is 15.0 Å². The Balaban J connectivity index is 2.53. The molecule has 7 heteroatoms. The van der Waals surface area contributed by atoms with E-state index in [0.29, 0.717) is 11.4 Å². The van der Waals surface area contributed by atoms with Crippen LogP contribution in [-0.2, 0) is 4.79 Å². The third kappa shape index (κ3) is 1.32. The summed E-state index contributed by atoms with van der Waals surface area (Å²) in [5, 5.41) is 20.8. The van der Waals surface area contributed by atoms with Crippen molar-refractivity contribution >= 4 is 27.5 Å². The fourth-order valence-corrected chi connectivity index (χ4v) is 4.51. The van der Waals surface area contributed by atoms with E-state index in [9.17, 15) is 15.0 Å². The van der Waals surface area contributed by atoms with Crippen LogP contribution in [0.1, 0.15) is 0 Å². The second kappa shape index (κ2) is 3.56. The van der Waals surface area contributed by atoms with E-state index >= 15 is 0 Å². The number of rotatable bonds is 0. The van der Waals surface area contributed by atoms with Crippen LogP contribution in [0.4, 0.5) is 0 Å². The van der Waals surface area contributed by atoms with Gasteiger partial charge in [-0.05, 0) is 0 Å². The first-order valence-corrected chi connectivity index (χ1v) is 7.23. The number of hydrogen-bond acceptors (Lipinski definition) is 6. The molecule has 0 aromatic rings. The Kier molecular flexibility index (Phi) is 2.69. The van der Waals surface area contributed by atoms with Gasteiger partial charge < -0.3 is 20.0 Å². The van der Waals surface area contributed by atoms with Crippen molar-refractivity contribution in [3.8, 4) is 0 Å². The molecule has 3 saturated heterocycles. The van der Waals surface area contributed by atoms with Gasteiger partial charge >= 0.3 is 0 Å². The van der Waals surface area contributed by atoms with Crippen LogP contribution in [0.3, 0.4) is 0 Å². The second-order valence-corrected chi connectivity index (χ2v) is 6.49. The first-order valence-electron chi connectivity index (χ1n) is 4.74.